The Hall–Kier alpha value is -0.120. The molecule has 0 aromatic rings. The molecule has 0 aromatic carbocycles. The fourth-order valence-electron chi connectivity index (χ4n) is 4.94. The second-order valence-electron chi connectivity index (χ2n) is 7.60. The van der Waals surface area contributed by atoms with Crippen LogP contribution in [0.5, 0.6) is 0 Å². The second-order valence-corrected chi connectivity index (χ2v) is 7.60. The fourth-order valence-corrected chi connectivity index (χ4v) is 4.94. The highest BCUT2D eigenvalue weighted by molar-refractivity contribution is 4.91. The van der Waals surface area contributed by atoms with Crippen LogP contribution >= 0.6 is 0 Å². The van der Waals surface area contributed by atoms with Crippen molar-refractivity contribution in [3.05, 3.63) is 0 Å². The Morgan fingerprint density at radius 3 is 2.86 bits per heavy atom. The number of fused-ring (bicyclic) bond motifs is 1. The van der Waals surface area contributed by atoms with E-state index in [-0.39, 0.29) is 0 Å². The van der Waals surface area contributed by atoms with Gasteiger partial charge in [0.15, 0.2) is 0 Å². The van der Waals surface area contributed by atoms with E-state index in [1.54, 1.807) is 0 Å². The van der Waals surface area contributed by atoms with E-state index in [0.29, 0.717) is 12.1 Å². The summed E-state index contributed by atoms with van der Waals surface area (Å²) in [6.07, 6.45) is 10.1. The van der Waals surface area contributed by atoms with Crippen molar-refractivity contribution >= 4 is 0 Å². The van der Waals surface area contributed by atoms with Crippen molar-refractivity contribution in [1.82, 2.24) is 10.2 Å². The molecule has 21 heavy (non-hydrogen) atoms. The van der Waals surface area contributed by atoms with Crippen LogP contribution in [0, 0.1) is 11.8 Å². The lowest BCUT2D eigenvalue weighted by Crippen LogP contribution is -2.56. The van der Waals surface area contributed by atoms with E-state index < -0.39 is 0 Å². The first kappa shape index (κ1) is 15.8. The van der Waals surface area contributed by atoms with E-state index in [1.807, 2.05) is 0 Å². The number of ether oxygens (including phenoxy) is 1. The summed E-state index contributed by atoms with van der Waals surface area (Å²) in [5.74, 6) is 1.75. The van der Waals surface area contributed by atoms with Gasteiger partial charge in [-0.15, -0.1) is 0 Å². The first-order valence-corrected chi connectivity index (χ1v) is 9.37. The van der Waals surface area contributed by atoms with Gasteiger partial charge in [-0.3, -0.25) is 4.90 Å². The number of nitrogens with one attached hydrogen (secondary N) is 1. The molecule has 3 rings (SSSR count). The predicted octanol–water partition coefficient (Wildman–Crippen LogP) is 3.04. The monoisotopic (exact) mass is 294 g/mol. The van der Waals surface area contributed by atoms with E-state index in [4.69, 9.17) is 4.74 Å². The SMILES string of the molecule is CCNC1CCC(C)CC1CN1CCOC2CCCCC21. The van der Waals surface area contributed by atoms with Gasteiger partial charge in [0.05, 0.1) is 12.7 Å². The molecule has 0 amide bonds. The van der Waals surface area contributed by atoms with Crippen molar-refractivity contribution in [2.75, 3.05) is 26.2 Å². The van der Waals surface area contributed by atoms with Crippen LogP contribution in [-0.4, -0.2) is 49.3 Å². The molecule has 3 heteroatoms. The van der Waals surface area contributed by atoms with Gasteiger partial charge in [0.25, 0.3) is 0 Å². The van der Waals surface area contributed by atoms with Gasteiger partial charge in [-0.25, -0.2) is 0 Å². The lowest BCUT2D eigenvalue weighted by Gasteiger charge is -2.47. The van der Waals surface area contributed by atoms with Crippen molar-refractivity contribution in [2.45, 2.75) is 77.0 Å². The Bertz CT molecular complexity index is 320. The number of hydrogen-bond donors (Lipinski definition) is 1. The molecular weight excluding hydrogens is 260 g/mol. The van der Waals surface area contributed by atoms with Crippen molar-refractivity contribution in [2.24, 2.45) is 11.8 Å². The maximum Gasteiger partial charge on any atom is 0.0730 e. The van der Waals surface area contributed by atoms with Gasteiger partial charge in [0.2, 0.25) is 0 Å². The van der Waals surface area contributed by atoms with Gasteiger partial charge in [-0.05, 0) is 50.5 Å². The number of rotatable bonds is 4. The molecule has 2 saturated carbocycles. The summed E-state index contributed by atoms with van der Waals surface area (Å²) in [6, 6.07) is 1.46. The van der Waals surface area contributed by atoms with E-state index in [0.717, 1.165) is 37.6 Å². The molecule has 3 nitrogen and oxygen atoms in total. The highest BCUT2D eigenvalue weighted by Gasteiger charge is 2.37. The average Bonchev–Trinajstić information content (AvgIpc) is 2.50. The number of morpholine rings is 1. The molecule has 5 unspecified atom stereocenters. The maximum atomic E-state index is 6.04. The summed E-state index contributed by atoms with van der Waals surface area (Å²) in [7, 11) is 0. The molecule has 1 heterocycles. The van der Waals surface area contributed by atoms with E-state index in [2.05, 4.69) is 24.1 Å². The van der Waals surface area contributed by atoms with Crippen molar-refractivity contribution in [3.63, 3.8) is 0 Å². The van der Waals surface area contributed by atoms with Crippen LogP contribution in [-0.2, 0) is 4.74 Å². The molecule has 0 radical (unpaired) electrons. The molecule has 0 aromatic heterocycles. The van der Waals surface area contributed by atoms with Crippen molar-refractivity contribution in [1.29, 1.82) is 0 Å². The van der Waals surface area contributed by atoms with Crippen LogP contribution in [0.2, 0.25) is 0 Å². The molecule has 3 fully saturated rings. The van der Waals surface area contributed by atoms with Gasteiger partial charge in [0, 0.05) is 25.2 Å². The Kier molecular flexibility index (Phi) is 5.58. The largest absolute Gasteiger partial charge is 0.375 e. The Morgan fingerprint density at radius 1 is 1.14 bits per heavy atom. The Labute approximate surface area is 130 Å². The summed E-state index contributed by atoms with van der Waals surface area (Å²) in [4.78, 5) is 2.79. The van der Waals surface area contributed by atoms with E-state index >= 15 is 0 Å². The van der Waals surface area contributed by atoms with E-state index in [9.17, 15) is 0 Å². The molecular formula is C18H34N2O. The topological polar surface area (TPSA) is 24.5 Å². The molecule has 1 N–H and O–H groups in total. The summed E-state index contributed by atoms with van der Waals surface area (Å²) in [5, 5.41) is 3.76. The quantitative estimate of drug-likeness (QED) is 0.862. The Balaban J connectivity index is 1.62. The Morgan fingerprint density at radius 2 is 2.00 bits per heavy atom. The summed E-state index contributed by atoms with van der Waals surface area (Å²) >= 11 is 0. The van der Waals surface area contributed by atoms with Gasteiger partial charge >= 0.3 is 0 Å². The number of hydrogen-bond acceptors (Lipinski definition) is 3. The highest BCUT2D eigenvalue weighted by Crippen LogP contribution is 2.33. The third kappa shape index (κ3) is 3.80. The first-order valence-electron chi connectivity index (χ1n) is 9.37. The molecule has 5 atom stereocenters. The summed E-state index contributed by atoms with van der Waals surface area (Å²) < 4.78 is 6.04. The van der Waals surface area contributed by atoms with Crippen LogP contribution in [0.15, 0.2) is 0 Å². The molecule has 1 aliphatic heterocycles. The van der Waals surface area contributed by atoms with E-state index in [1.165, 1.54) is 51.5 Å². The van der Waals surface area contributed by atoms with Crippen LogP contribution in [0.3, 0.4) is 0 Å². The normalized spacial score (nSPS) is 41.7. The zero-order valence-corrected chi connectivity index (χ0v) is 14.0. The lowest BCUT2D eigenvalue weighted by molar-refractivity contribution is -0.0948. The first-order chi connectivity index (χ1) is 10.3. The van der Waals surface area contributed by atoms with Crippen LogP contribution in [0.4, 0.5) is 0 Å². The van der Waals surface area contributed by atoms with Gasteiger partial charge in [-0.1, -0.05) is 26.7 Å². The standard InChI is InChI=1S/C18H34N2O/c1-3-19-16-9-8-14(2)12-15(16)13-20-10-11-21-18-7-5-4-6-17(18)20/h14-19H,3-13H2,1-2H3. The summed E-state index contributed by atoms with van der Waals surface area (Å²) in [6.45, 7) is 9.22. The van der Waals surface area contributed by atoms with Crippen LogP contribution in [0.1, 0.15) is 58.8 Å². The van der Waals surface area contributed by atoms with Crippen molar-refractivity contribution in [3.8, 4) is 0 Å². The summed E-state index contributed by atoms with van der Waals surface area (Å²) in [5.41, 5.74) is 0. The second kappa shape index (κ2) is 7.43. The zero-order valence-electron chi connectivity index (χ0n) is 14.0. The molecule has 3 aliphatic rings. The minimum Gasteiger partial charge on any atom is -0.375 e. The predicted molar refractivity (Wildman–Crippen MR) is 87.5 cm³/mol. The zero-order chi connectivity index (χ0) is 14.7. The third-order valence-corrected chi connectivity index (χ3v) is 6.03. The minimum atomic E-state index is 0.533. The van der Waals surface area contributed by atoms with Gasteiger partial charge < -0.3 is 10.1 Å². The minimum absolute atomic E-state index is 0.533. The molecule has 0 bridgehead atoms. The molecule has 1 saturated heterocycles. The van der Waals surface area contributed by atoms with Crippen molar-refractivity contribution < 1.29 is 4.74 Å². The van der Waals surface area contributed by atoms with Crippen LogP contribution in [0.25, 0.3) is 0 Å². The maximum absolute atomic E-state index is 6.04. The van der Waals surface area contributed by atoms with Crippen LogP contribution < -0.4 is 5.32 Å². The highest BCUT2D eigenvalue weighted by atomic mass is 16.5. The third-order valence-electron chi connectivity index (χ3n) is 6.03. The molecule has 2 aliphatic carbocycles. The smallest absolute Gasteiger partial charge is 0.0730 e. The lowest BCUT2D eigenvalue weighted by atomic mass is 9.78. The fraction of sp³-hybridized carbons (Fsp3) is 1.00. The average molecular weight is 294 g/mol. The molecule has 122 valence electrons. The molecule has 0 spiro atoms. The van der Waals surface area contributed by atoms with Gasteiger partial charge in [-0.2, -0.15) is 0 Å². The van der Waals surface area contributed by atoms with Gasteiger partial charge in [0.1, 0.15) is 0 Å². The number of nitrogens with zero attached hydrogens (tertiary/aromatic N) is 1.